The highest BCUT2D eigenvalue weighted by molar-refractivity contribution is 7.47. The minimum absolute atomic E-state index is 0.106. The number of hydrogen-bond donors (Lipinski definition) is 3. The van der Waals surface area contributed by atoms with Gasteiger partial charge in [-0.15, -0.1) is 0 Å². The summed E-state index contributed by atoms with van der Waals surface area (Å²) in [5, 5.41) is 10.6. The molecule has 0 bridgehead atoms. The first kappa shape index (κ1) is 93.1. The van der Waals surface area contributed by atoms with Crippen molar-refractivity contribution in [2.45, 2.75) is 401 Å². The summed E-state index contributed by atoms with van der Waals surface area (Å²) in [7, 11) is -9.91. The molecular formula is C76H148O17P2. The molecule has 7 atom stereocenters. The summed E-state index contributed by atoms with van der Waals surface area (Å²) in [5.74, 6) is 0.983. The molecule has 0 aromatic heterocycles. The van der Waals surface area contributed by atoms with E-state index in [1.165, 1.54) is 180 Å². The maximum absolute atomic E-state index is 13.1. The molecule has 0 heterocycles. The van der Waals surface area contributed by atoms with Gasteiger partial charge in [-0.2, -0.15) is 0 Å². The predicted octanol–water partition coefficient (Wildman–Crippen LogP) is 22.0. The third-order valence-corrected chi connectivity index (χ3v) is 20.2. The lowest BCUT2D eigenvalue weighted by Crippen LogP contribution is -2.30. The Bertz CT molecular complexity index is 1870. The van der Waals surface area contributed by atoms with E-state index < -0.39 is 97.5 Å². The van der Waals surface area contributed by atoms with Crippen molar-refractivity contribution in [2.75, 3.05) is 39.6 Å². The molecule has 19 heteroatoms. The molecule has 0 spiro atoms. The first-order valence-corrected chi connectivity index (χ1v) is 42.3. The van der Waals surface area contributed by atoms with Crippen LogP contribution < -0.4 is 0 Å². The van der Waals surface area contributed by atoms with Crippen molar-refractivity contribution in [3.05, 3.63) is 0 Å². The zero-order chi connectivity index (χ0) is 70.3. The lowest BCUT2D eigenvalue weighted by molar-refractivity contribution is -0.161. The van der Waals surface area contributed by atoms with Crippen molar-refractivity contribution in [2.24, 2.45) is 23.7 Å². The fourth-order valence-corrected chi connectivity index (χ4v) is 13.1. The summed E-state index contributed by atoms with van der Waals surface area (Å²) in [5.41, 5.74) is 0. The smallest absolute Gasteiger partial charge is 0.462 e. The minimum Gasteiger partial charge on any atom is -0.462 e. The van der Waals surface area contributed by atoms with Gasteiger partial charge in [-0.3, -0.25) is 37.3 Å². The SMILES string of the molecule is CCC(C)CCCCCCCCCCCCC(=O)OC[C@H](COP(=O)(O)OC[C@@H](O)COP(=O)(O)OC[C@@H](COC(=O)CCCCCCCCC(C)CC)OC(=O)CCCCCCCCCCCCCCC(C)C)OC(=O)CCCCCCCCCCCCCCCC(C)C. The maximum Gasteiger partial charge on any atom is 0.472 e. The number of phosphoric acid groups is 2. The maximum atomic E-state index is 13.1. The molecule has 0 saturated carbocycles. The van der Waals surface area contributed by atoms with E-state index in [0.717, 1.165) is 120 Å². The first-order valence-electron chi connectivity index (χ1n) is 39.3. The van der Waals surface area contributed by atoms with E-state index in [4.69, 9.17) is 37.0 Å². The van der Waals surface area contributed by atoms with Crippen LogP contribution in [0.2, 0.25) is 0 Å². The number of rotatable bonds is 73. The lowest BCUT2D eigenvalue weighted by atomic mass is 9.99. The van der Waals surface area contributed by atoms with Gasteiger partial charge in [0.1, 0.15) is 19.3 Å². The topological polar surface area (TPSA) is 237 Å². The molecule has 0 aliphatic carbocycles. The molecule has 0 radical (unpaired) electrons. The van der Waals surface area contributed by atoms with Gasteiger partial charge in [0.2, 0.25) is 0 Å². The van der Waals surface area contributed by atoms with Gasteiger partial charge in [0.25, 0.3) is 0 Å². The van der Waals surface area contributed by atoms with Gasteiger partial charge in [0, 0.05) is 25.7 Å². The van der Waals surface area contributed by atoms with E-state index in [1.54, 1.807) is 0 Å². The van der Waals surface area contributed by atoms with Crippen LogP contribution in [0.15, 0.2) is 0 Å². The summed E-state index contributed by atoms with van der Waals surface area (Å²) in [6.45, 7) is 14.2. The van der Waals surface area contributed by atoms with Gasteiger partial charge in [-0.1, -0.05) is 331 Å². The highest BCUT2D eigenvalue weighted by Gasteiger charge is 2.30. The third-order valence-electron chi connectivity index (χ3n) is 18.3. The average Bonchev–Trinajstić information content (AvgIpc) is 1.52. The Morgan fingerprint density at radius 2 is 0.505 bits per heavy atom. The summed E-state index contributed by atoms with van der Waals surface area (Å²) < 4.78 is 68.5. The zero-order valence-corrected chi connectivity index (χ0v) is 64.1. The van der Waals surface area contributed by atoms with Crippen LogP contribution in [0.5, 0.6) is 0 Å². The fourth-order valence-electron chi connectivity index (χ4n) is 11.5. The van der Waals surface area contributed by atoms with Gasteiger partial charge in [-0.25, -0.2) is 9.13 Å². The molecule has 0 aliphatic rings. The number of carbonyl (C=O) groups excluding carboxylic acids is 4. The van der Waals surface area contributed by atoms with Crippen LogP contribution >= 0.6 is 15.6 Å². The highest BCUT2D eigenvalue weighted by Crippen LogP contribution is 2.45. The van der Waals surface area contributed by atoms with E-state index in [1.807, 2.05) is 0 Å². The molecule has 4 unspecified atom stereocenters. The third kappa shape index (κ3) is 67.6. The standard InChI is InChI=1S/C76H148O17P2/c1-9-68(7)54-46-38-30-24-20-21-25-31-40-48-56-73(78)86-62-71(92-75(80)58-50-42-32-26-18-13-11-12-16-22-28-36-44-52-66(3)4)64-90-94(82,83)88-60-70(77)61-89-95(84,85)91-65-72(63-87-74(79)57-49-41-35-34-39-47-55-69(8)10-2)93-76(81)59-51-43-33-27-19-15-14-17-23-29-37-45-53-67(5)6/h66-72,77H,9-65H2,1-8H3,(H,82,83)(H,84,85)/t68?,69?,70-,71-,72-/m1/s1. The molecule has 17 nitrogen and oxygen atoms in total. The van der Waals surface area contributed by atoms with Gasteiger partial charge < -0.3 is 33.8 Å². The molecule has 0 saturated heterocycles. The van der Waals surface area contributed by atoms with Crippen LogP contribution in [-0.4, -0.2) is 96.7 Å². The van der Waals surface area contributed by atoms with E-state index in [0.29, 0.717) is 25.7 Å². The Morgan fingerprint density at radius 3 is 0.747 bits per heavy atom. The second-order valence-electron chi connectivity index (χ2n) is 28.8. The van der Waals surface area contributed by atoms with Gasteiger partial charge in [0.15, 0.2) is 12.2 Å². The molecule has 564 valence electrons. The molecular weight excluding hydrogens is 1250 g/mol. The summed E-state index contributed by atoms with van der Waals surface area (Å²) in [6, 6.07) is 0. The summed E-state index contributed by atoms with van der Waals surface area (Å²) in [4.78, 5) is 72.8. The Balaban J connectivity index is 5.27. The van der Waals surface area contributed by atoms with Crippen molar-refractivity contribution in [1.82, 2.24) is 0 Å². The van der Waals surface area contributed by atoms with E-state index in [-0.39, 0.29) is 25.7 Å². The number of phosphoric ester groups is 2. The fraction of sp³-hybridized carbons (Fsp3) is 0.947. The number of carbonyl (C=O) groups is 4. The number of esters is 4. The van der Waals surface area contributed by atoms with Crippen LogP contribution in [0.1, 0.15) is 383 Å². The molecule has 0 rings (SSSR count). The van der Waals surface area contributed by atoms with Gasteiger partial charge >= 0.3 is 39.5 Å². The van der Waals surface area contributed by atoms with Crippen molar-refractivity contribution < 1.29 is 80.2 Å². The van der Waals surface area contributed by atoms with Crippen molar-refractivity contribution in [3.8, 4) is 0 Å². The highest BCUT2D eigenvalue weighted by atomic mass is 31.2. The summed E-state index contributed by atoms with van der Waals surface area (Å²) in [6.07, 6.45) is 49.8. The van der Waals surface area contributed by atoms with Crippen LogP contribution in [-0.2, 0) is 65.4 Å². The molecule has 0 aromatic rings. The second kappa shape index (κ2) is 65.4. The van der Waals surface area contributed by atoms with E-state index >= 15 is 0 Å². The Hall–Kier alpha value is -1.94. The first-order chi connectivity index (χ1) is 45.7. The number of hydrogen-bond acceptors (Lipinski definition) is 15. The Kier molecular flexibility index (Phi) is 64.0. The van der Waals surface area contributed by atoms with Crippen LogP contribution in [0.3, 0.4) is 0 Å². The normalized spacial score (nSPS) is 14.7. The number of aliphatic hydroxyl groups is 1. The van der Waals surface area contributed by atoms with Crippen LogP contribution in [0.25, 0.3) is 0 Å². The van der Waals surface area contributed by atoms with Crippen LogP contribution in [0.4, 0.5) is 0 Å². The number of aliphatic hydroxyl groups excluding tert-OH is 1. The molecule has 0 amide bonds. The van der Waals surface area contributed by atoms with Crippen molar-refractivity contribution in [3.63, 3.8) is 0 Å². The van der Waals surface area contributed by atoms with E-state index in [9.17, 15) is 43.2 Å². The molecule has 0 aromatic carbocycles. The molecule has 0 aliphatic heterocycles. The van der Waals surface area contributed by atoms with Gasteiger partial charge in [0.05, 0.1) is 26.4 Å². The number of unbranched alkanes of at least 4 members (excludes halogenated alkanes) is 37. The average molecular weight is 1400 g/mol. The van der Waals surface area contributed by atoms with Crippen molar-refractivity contribution in [1.29, 1.82) is 0 Å². The Morgan fingerprint density at radius 1 is 0.295 bits per heavy atom. The minimum atomic E-state index is -4.96. The quantitative estimate of drug-likeness (QED) is 0.0222. The second-order valence-corrected chi connectivity index (χ2v) is 31.7. The molecule has 95 heavy (non-hydrogen) atoms. The van der Waals surface area contributed by atoms with Crippen LogP contribution in [0, 0.1) is 23.7 Å². The number of ether oxygens (including phenoxy) is 4. The zero-order valence-electron chi connectivity index (χ0n) is 62.3. The van der Waals surface area contributed by atoms with Gasteiger partial charge in [-0.05, 0) is 49.4 Å². The van der Waals surface area contributed by atoms with Crippen molar-refractivity contribution >= 4 is 39.5 Å². The van der Waals surface area contributed by atoms with E-state index in [2.05, 4.69) is 55.4 Å². The summed E-state index contributed by atoms with van der Waals surface area (Å²) >= 11 is 0. The Labute approximate surface area is 581 Å². The lowest BCUT2D eigenvalue weighted by Gasteiger charge is -2.21. The largest absolute Gasteiger partial charge is 0.472 e. The molecule has 0 fully saturated rings. The predicted molar refractivity (Wildman–Crippen MR) is 386 cm³/mol. The molecule has 3 N–H and O–H groups in total. The monoisotopic (exact) mass is 1400 g/mol.